The van der Waals surface area contributed by atoms with Crippen LogP contribution < -0.4 is 5.73 Å². The summed E-state index contributed by atoms with van der Waals surface area (Å²) in [7, 11) is 2.86. The third-order valence-corrected chi connectivity index (χ3v) is 2.35. The molecule has 5 heteroatoms. The first kappa shape index (κ1) is 10.8. The normalized spacial score (nSPS) is 46.4. The lowest BCUT2D eigenvalue weighted by Gasteiger charge is -2.39. The van der Waals surface area contributed by atoms with Crippen molar-refractivity contribution in [2.75, 3.05) is 14.2 Å². The molecule has 0 aromatic rings. The molecular formula is C8H16FNO3. The molecule has 0 aliphatic carbocycles. The Labute approximate surface area is 77.1 Å². The van der Waals surface area contributed by atoms with Gasteiger partial charge in [-0.2, -0.15) is 0 Å². The summed E-state index contributed by atoms with van der Waals surface area (Å²) in [6.07, 6.45) is -3.02. The molecular weight excluding hydrogens is 177 g/mol. The van der Waals surface area contributed by atoms with Gasteiger partial charge in [0.05, 0.1) is 12.1 Å². The van der Waals surface area contributed by atoms with E-state index >= 15 is 0 Å². The smallest absolute Gasteiger partial charge is 0.186 e. The van der Waals surface area contributed by atoms with Crippen molar-refractivity contribution in [3.8, 4) is 0 Å². The van der Waals surface area contributed by atoms with E-state index in [1.165, 1.54) is 14.2 Å². The Hall–Kier alpha value is -0.230. The van der Waals surface area contributed by atoms with Crippen molar-refractivity contribution >= 4 is 0 Å². The third-order valence-electron chi connectivity index (χ3n) is 2.35. The van der Waals surface area contributed by atoms with Gasteiger partial charge in [0.25, 0.3) is 0 Å². The number of halogens is 1. The van der Waals surface area contributed by atoms with Crippen molar-refractivity contribution in [1.29, 1.82) is 0 Å². The zero-order valence-electron chi connectivity index (χ0n) is 8.07. The van der Waals surface area contributed by atoms with Crippen molar-refractivity contribution in [2.45, 2.75) is 37.6 Å². The van der Waals surface area contributed by atoms with Crippen LogP contribution in [0.2, 0.25) is 0 Å². The maximum absolute atomic E-state index is 13.5. The predicted molar refractivity (Wildman–Crippen MR) is 45.0 cm³/mol. The van der Waals surface area contributed by atoms with Crippen LogP contribution in [0.4, 0.5) is 4.39 Å². The van der Waals surface area contributed by atoms with Crippen molar-refractivity contribution < 1.29 is 18.6 Å². The Morgan fingerprint density at radius 1 is 1.31 bits per heavy atom. The monoisotopic (exact) mass is 193 g/mol. The van der Waals surface area contributed by atoms with Gasteiger partial charge in [0, 0.05) is 14.2 Å². The molecule has 13 heavy (non-hydrogen) atoms. The molecule has 1 fully saturated rings. The van der Waals surface area contributed by atoms with Gasteiger partial charge in [-0.15, -0.1) is 0 Å². The summed E-state index contributed by atoms with van der Waals surface area (Å²) >= 11 is 0. The Kier molecular flexibility index (Phi) is 3.61. The van der Waals surface area contributed by atoms with Crippen molar-refractivity contribution in [2.24, 2.45) is 5.73 Å². The molecule has 0 saturated carbocycles. The zero-order valence-corrected chi connectivity index (χ0v) is 8.07. The lowest BCUT2D eigenvalue weighted by Crippen LogP contribution is -2.59. The fourth-order valence-corrected chi connectivity index (χ4v) is 1.44. The zero-order chi connectivity index (χ0) is 10.0. The first-order valence-corrected chi connectivity index (χ1v) is 4.22. The SMILES string of the molecule is CO[C@H]1O[C@H](C)[C@@H](N)[C@H](F)[C@@H]1OC. The summed E-state index contributed by atoms with van der Waals surface area (Å²) in [6.45, 7) is 1.72. The van der Waals surface area contributed by atoms with E-state index in [1.54, 1.807) is 6.92 Å². The number of hydrogen-bond donors (Lipinski definition) is 1. The van der Waals surface area contributed by atoms with Gasteiger partial charge in [-0.05, 0) is 6.92 Å². The highest BCUT2D eigenvalue weighted by Gasteiger charge is 2.43. The lowest BCUT2D eigenvalue weighted by atomic mass is 9.99. The summed E-state index contributed by atoms with van der Waals surface area (Å²) in [5.74, 6) is 0. The van der Waals surface area contributed by atoms with Crippen LogP contribution in [0.25, 0.3) is 0 Å². The molecule has 1 aliphatic heterocycles. The largest absolute Gasteiger partial charge is 0.373 e. The highest BCUT2D eigenvalue weighted by molar-refractivity contribution is 4.91. The molecule has 78 valence electrons. The average molecular weight is 193 g/mol. The van der Waals surface area contributed by atoms with Gasteiger partial charge in [-0.25, -0.2) is 4.39 Å². The highest BCUT2D eigenvalue weighted by atomic mass is 19.1. The van der Waals surface area contributed by atoms with Crippen LogP contribution in [0.3, 0.4) is 0 Å². The fraction of sp³-hybridized carbons (Fsp3) is 1.00. The summed E-state index contributed by atoms with van der Waals surface area (Å²) in [5, 5.41) is 0. The molecule has 0 bridgehead atoms. The summed E-state index contributed by atoms with van der Waals surface area (Å²) in [4.78, 5) is 0. The van der Waals surface area contributed by atoms with E-state index in [0.717, 1.165) is 0 Å². The predicted octanol–water partition coefficient (Wildman–Crippen LogP) is 0.0580. The van der Waals surface area contributed by atoms with E-state index in [-0.39, 0.29) is 6.10 Å². The van der Waals surface area contributed by atoms with Gasteiger partial charge in [0.2, 0.25) is 0 Å². The molecule has 2 N–H and O–H groups in total. The summed E-state index contributed by atoms with van der Waals surface area (Å²) in [5.41, 5.74) is 5.57. The van der Waals surface area contributed by atoms with Gasteiger partial charge >= 0.3 is 0 Å². The van der Waals surface area contributed by atoms with Crippen LogP contribution in [0.5, 0.6) is 0 Å². The van der Waals surface area contributed by atoms with E-state index in [0.29, 0.717) is 0 Å². The second-order valence-corrected chi connectivity index (χ2v) is 3.17. The molecule has 4 nitrogen and oxygen atoms in total. The molecule has 1 heterocycles. The molecule has 0 radical (unpaired) electrons. The minimum atomic E-state index is -1.25. The maximum Gasteiger partial charge on any atom is 0.186 e. The van der Waals surface area contributed by atoms with Crippen molar-refractivity contribution in [1.82, 2.24) is 0 Å². The minimum Gasteiger partial charge on any atom is -0.373 e. The van der Waals surface area contributed by atoms with E-state index in [2.05, 4.69) is 0 Å². The second kappa shape index (κ2) is 4.32. The van der Waals surface area contributed by atoms with E-state index in [4.69, 9.17) is 19.9 Å². The Morgan fingerprint density at radius 3 is 2.38 bits per heavy atom. The first-order valence-electron chi connectivity index (χ1n) is 4.22. The summed E-state index contributed by atoms with van der Waals surface area (Å²) < 4.78 is 28.7. The number of methoxy groups -OCH3 is 2. The van der Waals surface area contributed by atoms with Crippen LogP contribution in [-0.2, 0) is 14.2 Å². The molecule has 5 atom stereocenters. The molecule has 1 saturated heterocycles. The van der Waals surface area contributed by atoms with Crippen LogP contribution in [0.1, 0.15) is 6.92 Å². The van der Waals surface area contributed by atoms with Crippen molar-refractivity contribution in [3.63, 3.8) is 0 Å². The first-order chi connectivity index (χ1) is 6.11. The second-order valence-electron chi connectivity index (χ2n) is 3.17. The highest BCUT2D eigenvalue weighted by Crippen LogP contribution is 2.24. The van der Waals surface area contributed by atoms with E-state index in [1.807, 2.05) is 0 Å². The Morgan fingerprint density at radius 2 is 1.92 bits per heavy atom. The molecule has 0 aromatic heterocycles. The molecule has 0 spiro atoms. The molecule has 0 amide bonds. The average Bonchev–Trinajstić information content (AvgIpc) is 2.13. The summed E-state index contributed by atoms with van der Waals surface area (Å²) in [6, 6.07) is -0.656. The van der Waals surface area contributed by atoms with E-state index in [9.17, 15) is 4.39 Å². The van der Waals surface area contributed by atoms with Gasteiger partial charge in [0.15, 0.2) is 6.29 Å². The molecule has 1 rings (SSSR count). The van der Waals surface area contributed by atoms with Crippen LogP contribution in [-0.4, -0.2) is 44.9 Å². The van der Waals surface area contributed by atoms with Gasteiger partial charge in [-0.3, -0.25) is 0 Å². The van der Waals surface area contributed by atoms with Crippen molar-refractivity contribution in [3.05, 3.63) is 0 Å². The quantitative estimate of drug-likeness (QED) is 0.673. The molecule has 0 aromatic carbocycles. The number of nitrogens with two attached hydrogens (primary N) is 1. The number of alkyl halides is 1. The number of rotatable bonds is 2. The van der Waals surface area contributed by atoms with Crippen LogP contribution >= 0.6 is 0 Å². The van der Waals surface area contributed by atoms with Crippen LogP contribution in [0.15, 0.2) is 0 Å². The Balaban J connectivity index is 2.69. The number of hydrogen-bond acceptors (Lipinski definition) is 4. The van der Waals surface area contributed by atoms with Crippen LogP contribution in [0, 0.1) is 0 Å². The minimum absolute atomic E-state index is 0.355. The third kappa shape index (κ3) is 1.99. The molecule has 0 unspecified atom stereocenters. The van der Waals surface area contributed by atoms with Gasteiger partial charge in [-0.1, -0.05) is 0 Å². The fourth-order valence-electron chi connectivity index (χ4n) is 1.44. The topological polar surface area (TPSA) is 53.7 Å². The molecule has 1 aliphatic rings. The van der Waals surface area contributed by atoms with Gasteiger partial charge < -0.3 is 19.9 Å². The Bertz CT molecular complexity index is 167. The maximum atomic E-state index is 13.5. The lowest BCUT2D eigenvalue weighted by molar-refractivity contribution is -0.255. The van der Waals surface area contributed by atoms with Gasteiger partial charge in [0.1, 0.15) is 12.3 Å². The standard InChI is InChI=1S/C8H16FNO3/c1-4-6(10)5(9)7(11-2)8(12-3)13-4/h4-8H,10H2,1-3H3/t4-,5+,6-,7+,8+/m1/s1. The number of ether oxygens (including phenoxy) is 3. The van der Waals surface area contributed by atoms with E-state index < -0.39 is 24.6 Å².